The molecule has 1 saturated heterocycles. The van der Waals surface area contributed by atoms with Gasteiger partial charge in [0, 0.05) is 12.3 Å². The number of carbonyl (C=O) groups is 1. The van der Waals surface area contributed by atoms with Gasteiger partial charge in [0.1, 0.15) is 5.78 Å². The van der Waals surface area contributed by atoms with Gasteiger partial charge in [0.05, 0.1) is 12.2 Å². The monoisotopic (exact) mass is 152 g/mol. The van der Waals surface area contributed by atoms with Crippen molar-refractivity contribution in [2.45, 2.75) is 31.5 Å². The minimum absolute atomic E-state index is 0.134. The van der Waals surface area contributed by atoms with Crippen LogP contribution in [0.25, 0.3) is 0 Å². The fraction of sp³-hybridized carbons (Fsp3) is 0.667. The second-order valence-electron chi connectivity index (χ2n) is 3.30. The Morgan fingerprint density at radius 3 is 3.09 bits per heavy atom. The Kier molecular flexibility index (Phi) is 1.57. The third-order valence-corrected chi connectivity index (χ3v) is 2.64. The van der Waals surface area contributed by atoms with Crippen LogP contribution < -0.4 is 0 Å². The molecule has 60 valence electrons. The first-order valence-corrected chi connectivity index (χ1v) is 4.12. The molecule has 0 aromatic heterocycles. The lowest BCUT2D eigenvalue weighted by Crippen LogP contribution is -2.12. The second kappa shape index (κ2) is 2.45. The van der Waals surface area contributed by atoms with E-state index in [4.69, 9.17) is 4.74 Å². The predicted molar refractivity (Wildman–Crippen MR) is 41.2 cm³/mol. The van der Waals surface area contributed by atoms with Gasteiger partial charge < -0.3 is 4.74 Å². The Bertz CT molecular complexity index is 198. The molecule has 0 unspecified atom stereocenters. The Morgan fingerprint density at radius 1 is 1.64 bits per heavy atom. The van der Waals surface area contributed by atoms with Crippen molar-refractivity contribution in [2.75, 3.05) is 0 Å². The number of ether oxygens (including phenoxy) is 1. The van der Waals surface area contributed by atoms with Gasteiger partial charge in [0.15, 0.2) is 0 Å². The summed E-state index contributed by atoms with van der Waals surface area (Å²) < 4.78 is 5.57. The maximum atomic E-state index is 11.2. The van der Waals surface area contributed by atoms with Crippen LogP contribution in [0.5, 0.6) is 0 Å². The van der Waals surface area contributed by atoms with Crippen LogP contribution in [0.2, 0.25) is 0 Å². The van der Waals surface area contributed by atoms with Crippen molar-refractivity contribution in [1.82, 2.24) is 0 Å². The van der Waals surface area contributed by atoms with Gasteiger partial charge in [-0.1, -0.05) is 6.08 Å². The quantitative estimate of drug-likeness (QED) is 0.529. The topological polar surface area (TPSA) is 26.3 Å². The molecule has 0 radical (unpaired) electrons. The first-order chi connectivity index (χ1) is 5.31. The molecule has 3 atom stereocenters. The number of fused-ring (bicyclic) bond motifs is 1. The SMILES string of the molecule is C=C[C@H]1C[C@H]2C(=O)CC[C@H]2O1. The Hall–Kier alpha value is -0.630. The number of Topliss-reactive ketones (excluding diaryl/α,β-unsaturated/α-hetero) is 1. The molecule has 1 aliphatic carbocycles. The van der Waals surface area contributed by atoms with E-state index in [1.807, 2.05) is 0 Å². The standard InChI is InChI=1S/C9H12O2/c1-2-6-5-7-8(10)3-4-9(7)11-6/h2,6-7,9H,1,3-5H2/t6-,7-,9+/m0/s1. The molecule has 2 fully saturated rings. The lowest BCUT2D eigenvalue weighted by atomic mass is 10.0. The average Bonchev–Trinajstić information content (AvgIpc) is 2.53. The molecule has 0 bridgehead atoms. The zero-order valence-corrected chi connectivity index (χ0v) is 6.45. The highest BCUT2D eigenvalue weighted by Crippen LogP contribution is 2.36. The smallest absolute Gasteiger partial charge is 0.138 e. The molecule has 0 N–H and O–H groups in total. The van der Waals surface area contributed by atoms with Gasteiger partial charge in [-0.25, -0.2) is 0 Å². The van der Waals surface area contributed by atoms with Crippen molar-refractivity contribution in [1.29, 1.82) is 0 Å². The lowest BCUT2D eigenvalue weighted by molar-refractivity contribution is -0.120. The fourth-order valence-corrected chi connectivity index (χ4v) is 2.01. The predicted octanol–water partition coefficient (Wildman–Crippen LogP) is 1.31. The van der Waals surface area contributed by atoms with Crippen LogP contribution in [0.4, 0.5) is 0 Å². The van der Waals surface area contributed by atoms with E-state index in [9.17, 15) is 4.79 Å². The van der Waals surface area contributed by atoms with Crippen LogP contribution >= 0.6 is 0 Å². The summed E-state index contributed by atoms with van der Waals surface area (Å²) in [6.45, 7) is 3.66. The van der Waals surface area contributed by atoms with Crippen LogP contribution in [0.1, 0.15) is 19.3 Å². The number of hydrogen-bond acceptors (Lipinski definition) is 2. The summed E-state index contributed by atoms with van der Waals surface area (Å²) in [4.78, 5) is 11.2. The van der Waals surface area contributed by atoms with Crippen molar-refractivity contribution < 1.29 is 9.53 Å². The molecule has 0 aromatic carbocycles. The molecule has 0 spiro atoms. The van der Waals surface area contributed by atoms with Crippen molar-refractivity contribution in [3.05, 3.63) is 12.7 Å². The minimum Gasteiger partial charge on any atom is -0.370 e. The molecular formula is C9H12O2. The zero-order chi connectivity index (χ0) is 7.84. The summed E-state index contributed by atoms with van der Waals surface area (Å²) in [5.74, 6) is 0.581. The van der Waals surface area contributed by atoms with E-state index in [-0.39, 0.29) is 18.1 Å². The third-order valence-electron chi connectivity index (χ3n) is 2.64. The van der Waals surface area contributed by atoms with Gasteiger partial charge >= 0.3 is 0 Å². The fourth-order valence-electron chi connectivity index (χ4n) is 2.01. The van der Waals surface area contributed by atoms with Crippen LogP contribution in [0.15, 0.2) is 12.7 Å². The summed E-state index contributed by atoms with van der Waals surface area (Å²) in [6.07, 6.45) is 4.66. The lowest BCUT2D eigenvalue weighted by Gasteiger charge is -2.05. The van der Waals surface area contributed by atoms with Crippen molar-refractivity contribution in [2.24, 2.45) is 5.92 Å². The van der Waals surface area contributed by atoms with Crippen LogP contribution in [0.3, 0.4) is 0 Å². The third kappa shape index (κ3) is 1.02. The number of carbonyl (C=O) groups excluding carboxylic acids is 1. The largest absolute Gasteiger partial charge is 0.370 e. The Balaban J connectivity index is 2.09. The molecule has 2 heteroatoms. The van der Waals surface area contributed by atoms with E-state index >= 15 is 0 Å². The van der Waals surface area contributed by atoms with Gasteiger partial charge in [0.25, 0.3) is 0 Å². The van der Waals surface area contributed by atoms with Gasteiger partial charge in [-0.2, -0.15) is 0 Å². The molecule has 0 amide bonds. The maximum absolute atomic E-state index is 11.2. The van der Waals surface area contributed by atoms with Gasteiger partial charge in [0.2, 0.25) is 0 Å². The number of ketones is 1. The first kappa shape index (κ1) is 7.04. The molecule has 2 rings (SSSR count). The van der Waals surface area contributed by atoms with E-state index in [2.05, 4.69) is 6.58 Å². The summed E-state index contributed by atoms with van der Waals surface area (Å²) in [5.41, 5.74) is 0. The average molecular weight is 152 g/mol. The summed E-state index contributed by atoms with van der Waals surface area (Å²) in [5, 5.41) is 0. The summed E-state index contributed by atoms with van der Waals surface area (Å²) >= 11 is 0. The van der Waals surface area contributed by atoms with E-state index < -0.39 is 0 Å². The van der Waals surface area contributed by atoms with Crippen LogP contribution in [-0.2, 0) is 9.53 Å². The molecule has 0 aromatic rings. The van der Waals surface area contributed by atoms with Crippen LogP contribution in [-0.4, -0.2) is 18.0 Å². The Labute approximate surface area is 66.2 Å². The van der Waals surface area contributed by atoms with Gasteiger partial charge in [-0.05, 0) is 12.8 Å². The minimum atomic E-state index is 0.134. The van der Waals surface area contributed by atoms with Crippen LogP contribution in [0, 0.1) is 5.92 Å². The normalized spacial score (nSPS) is 42.5. The highest BCUT2D eigenvalue weighted by atomic mass is 16.5. The molecule has 11 heavy (non-hydrogen) atoms. The van der Waals surface area contributed by atoms with Crippen molar-refractivity contribution in [3.8, 4) is 0 Å². The summed E-state index contributed by atoms with van der Waals surface area (Å²) in [7, 11) is 0. The molecule has 1 saturated carbocycles. The molecule has 1 aliphatic heterocycles. The zero-order valence-electron chi connectivity index (χ0n) is 6.45. The maximum Gasteiger partial charge on any atom is 0.138 e. The molecule has 1 heterocycles. The second-order valence-corrected chi connectivity index (χ2v) is 3.30. The van der Waals surface area contributed by atoms with E-state index in [0.717, 1.165) is 19.3 Å². The molecular weight excluding hydrogens is 140 g/mol. The van der Waals surface area contributed by atoms with E-state index in [1.54, 1.807) is 6.08 Å². The van der Waals surface area contributed by atoms with Crippen molar-refractivity contribution >= 4 is 5.78 Å². The van der Waals surface area contributed by atoms with E-state index in [1.165, 1.54) is 0 Å². The first-order valence-electron chi connectivity index (χ1n) is 4.12. The highest BCUT2D eigenvalue weighted by molar-refractivity contribution is 5.84. The number of hydrogen-bond donors (Lipinski definition) is 0. The van der Waals surface area contributed by atoms with E-state index in [0.29, 0.717) is 5.78 Å². The Morgan fingerprint density at radius 2 is 2.45 bits per heavy atom. The number of rotatable bonds is 1. The van der Waals surface area contributed by atoms with Gasteiger partial charge in [-0.15, -0.1) is 6.58 Å². The molecule has 2 aliphatic rings. The summed E-state index contributed by atoms with van der Waals surface area (Å²) in [6, 6.07) is 0. The highest BCUT2D eigenvalue weighted by Gasteiger charge is 2.42. The van der Waals surface area contributed by atoms with Gasteiger partial charge in [-0.3, -0.25) is 4.79 Å². The van der Waals surface area contributed by atoms with Crippen molar-refractivity contribution in [3.63, 3.8) is 0 Å². The molecule has 2 nitrogen and oxygen atoms in total.